The molecule has 1 aromatic heterocycles. The predicted molar refractivity (Wildman–Crippen MR) is 111 cm³/mol. The molecule has 0 unspecified atom stereocenters. The Labute approximate surface area is 174 Å². The summed E-state index contributed by atoms with van der Waals surface area (Å²) in [5, 5.41) is 9.62. The molecule has 2 heterocycles. The van der Waals surface area contributed by atoms with Crippen LogP contribution in [0.15, 0.2) is 54.6 Å². The third kappa shape index (κ3) is 3.89. The van der Waals surface area contributed by atoms with Gasteiger partial charge in [-0.15, -0.1) is 0 Å². The van der Waals surface area contributed by atoms with Crippen LogP contribution < -0.4 is 5.32 Å². The molecule has 8 nitrogen and oxygen atoms in total. The topological polar surface area (TPSA) is 112 Å². The van der Waals surface area contributed by atoms with Crippen molar-refractivity contribution in [3.05, 3.63) is 82.5 Å². The Morgan fingerprint density at radius 3 is 2.40 bits per heavy atom. The molecule has 9 heteroatoms. The number of Topliss-reactive ketones (excluding diaryl/α,β-unsaturated/α-hetero) is 1. The summed E-state index contributed by atoms with van der Waals surface area (Å²) in [4.78, 5) is 24.5. The fourth-order valence-corrected chi connectivity index (χ4v) is 4.90. The van der Waals surface area contributed by atoms with Crippen molar-refractivity contribution in [2.45, 2.75) is 25.8 Å². The molecule has 1 aliphatic rings. The first-order valence-electron chi connectivity index (χ1n) is 9.34. The maximum atomic E-state index is 12.8. The molecular weight excluding hydrogens is 404 g/mol. The zero-order valence-corrected chi connectivity index (χ0v) is 17.1. The molecule has 0 saturated heterocycles. The Bertz CT molecular complexity index is 1220. The lowest BCUT2D eigenvalue weighted by atomic mass is 10.0. The number of benzene rings is 2. The zero-order chi connectivity index (χ0) is 21.3. The second-order valence-electron chi connectivity index (χ2n) is 7.10. The lowest BCUT2D eigenvalue weighted by Gasteiger charge is -2.16. The summed E-state index contributed by atoms with van der Waals surface area (Å²) >= 11 is 0. The molecule has 1 amide bonds. The minimum atomic E-state index is -3.54. The molecule has 1 aliphatic heterocycles. The van der Waals surface area contributed by atoms with Gasteiger partial charge in [0.2, 0.25) is 10.0 Å². The Kier molecular flexibility index (Phi) is 5.23. The lowest BCUT2D eigenvalue weighted by Crippen LogP contribution is -2.27. The highest BCUT2D eigenvalue weighted by Crippen LogP contribution is 2.30. The maximum Gasteiger partial charge on any atom is 0.257 e. The number of hydrogen-bond acceptors (Lipinski definition) is 5. The van der Waals surface area contributed by atoms with E-state index in [2.05, 4.69) is 15.5 Å². The van der Waals surface area contributed by atoms with Gasteiger partial charge >= 0.3 is 0 Å². The molecule has 2 aromatic carbocycles. The number of carbonyl (C=O) groups is 2. The largest absolute Gasteiger partial charge is 0.305 e. The smallest absolute Gasteiger partial charge is 0.257 e. The SMILES string of the molecule is CC(=O)c1ccccc1C(=O)Nc1n[nH]c2c1CN(S(=O)(=O)Cc1ccccc1)C2. The average Bonchev–Trinajstić information content (AvgIpc) is 3.31. The molecule has 0 spiro atoms. The van der Waals surface area contributed by atoms with Gasteiger partial charge in [0.05, 0.1) is 23.6 Å². The number of sulfonamides is 1. The van der Waals surface area contributed by atoms with Crippen LogP contribution >= 0.6 is 0 Å². The van der Waals surface area contributed by atoms with Crippen LogP contribution in [0, 0.1) is 0 Å². The zero-order valence-electron chi connectivity index (χ0n) is 16.3. The van der Waals surface area contributed by atoms with Gasteiger partial charge in [-0.25, -0.2) is 8.42 Å². The van der Waals surface area contributed by atoms with Gasteiger partial charge in [-0.05, 0) is 18.6 Å². The molecule has 154 valence electrons. The van der Waals surface area contributed by atoms with E-state index in [0.29, 0.717) is 22.4 Å². The Morgan fingerprint density at radius 2 is 1.70 bits per heavy atom. The van der Waals surface area contributed by atoms with Gasteiger partial charge in [0.15, 0.2) is 11.6 Å². The first-order valence-corrected chi connectivity index (χ1v) is 11.0. The monoisotopic (exact) mass is 424 g/mol. The van der Waals surface area contributed by atoms with Crippen molar-refractivity contribution < 1.29 is 18.0 Å². The predicted octanol–water partition coefficient (Wildman–Crippen LogP) is 2.71. The van der Waals surface area contributed by atoms with Gasteiger partial charge in [0.1, 0.15) is 0 Å². The average molecular weight is 424 g/mol. The highest BCUT2D eigenvalue weighted by atomic mass is 32.2. The number of nitrogens with zero attached hydrogens (tertiary/aromatic N) is 2. The quantitative estimate of drug-likeness (QED) is 0.591. The Hall–Kier alpha value is -3.30. The summed E-state index contributed by atoms with van der Waals surface area (Å²) in [6, 6.07) is 15.5. The van der Waals surface area contributed by atoms with Gasteiger partial charge < -0.3 is 5.32 Å². The number of nitrogens with one attached hydrogen (secondary N) is 2. The molecule has 0 aliphatic carbocycles. The molecular formula is C21H20N4O4S. The van der Waals surface area contributed by atoms with Crippen LogP contribution in [0.5, 0.6) is 0 Å². The molecule has 0 fully saturated rings. The van der Waals surface area contributed by atoms with Gasteiger partial charge in [0.25, 0.3) is 5.91 Å². The molecule has 2 N–H and O–H groups in total. The molecule has 0 saturated carbocycles. The normalized spacial score (nSPS) is 13.8. The molecule has 0 bridgehead atoms. The number of aromatic amines is 1. The van der Waals surface area contributed by atoms with Gasteiger partial charge in [0, 0.05) is 17.7 Å². The van der Waals surface area contributed by atoms with E-state index in [0.717, 1.165) is 0 Å². The van der Waals surface area contributed by atoms with Crippen molar-refractivity contribution in [2.75, 3.05) is 5.32 Å². The lowest BCUT2D eigenvalue weighted by molar-refractivity contribution is 0.0985. The number of H-pyrrole nitrogens is 1. The Morgan fingerprint density at radius 1 is 1.03 bits per heavy atom. The standard InChI is InChI=1S/C21H20N4O4S/c1-14(26)16-9-5-6-10-17(16)21(27)22-20-18-11-25(12-19(18)23-24-20)30(28,29)13-15-7-3-2-4-8-15/h2-10H,11-13H2,1H3,(H2,22,23,24,27). The van der Waals surface area contributed by atoms with Crippen molar-refractivity contribution in [1.29, 1.82) is 0 Å². The van der Waals surface area contributed by atoms with E-state index in [4.69, 9.17) is 0 Å². The van der Waals surface area contributed by atoms with E-state index < -0.39 is 15.9 Å². The van der Waals surface area contributed by atoms with Crippen LogP contribution in [-0.4, -0.2) is 34.6 Å². The number of hydrogen-bond donors (Lipinski definition) is 2. The third-order valence-corrected chi connectivity index (χ3v) is 6.73. The summed E-state index contributed by atoms with van der Waals surface area (Å²) in [6.45, 7) is 1.68. The first-order chi connectivity index (χ1) is 14.3. The summed E-state index contributed by atoms with van der Waals surface area (Å²) in [5.41, 5.74) is 2.53. The van der Waals surface area contributed by atoms with Gasteiger partial charge in [-0.3, -0.25) is 14.7 Å². The Balaban J connectivity index is 1.51. The van der Waals surface area contributed by atoms with Crippen LogP contribution in [0.4, 0.5) is 5.82 Å². The fourth-order valence-electron chi connectivity index (χ4n) is 3.45. The minimum Gasteiger partial charge on any atom is -0.305 e. The number of amides is 1. The molecule has 3 aromatic rings. The highest BCUT2D eigenvalue weighted by molar-refractivity contribution is 7.88. The van der Waals surface area contributed by atoms with Crippen molar-refractivity contribution in [3.63, 3.8) is 0 Å². The highest BCUT2D eigenvalue weighted by Gasteiger charge is 2.33. The second kappa shape index (κ2) is 7.85. The first kappa shape index (κ1) is 20.0. The molecule has 4 rings (SSSR count). The van der Waals surface area contributed by atoms with E-state index in [1.165, 1.54) is 11.2 Å². The van der Waals surface area contributed by atoms with Crippen LogP contribution in [0.25, 0.3) is 0 Å². The summed E-state index contributed by atoms with van der Waals surface area (Å²) in [5.74, 6) is -0.517. The van der Waals surface area contributed by atoms with Crippen molar-refractivity contribution in [1.82, 2.24) is 14.5 Å². The maximum absolute atomic E-state index is 12.8. The molecule has 30 heavy (non-hydrogen) atoms. The van der Waals surface area contributed by atoms with E-state index in [1.807, 2.05) is 6.07 Å². The summed E-state index contributed by atoms with van der Waals surface area (Å²) in [6.07, 6.45) is 0. The van der Waals surface area contributed by atoms with E-state index >= 15 is 0 Å². The number of aromatic nitrogens is 2. The third-order valence-electron chi connectivity index (χ3n) is 4.99. The van der Waals surface area contributed by atoms with E-state index in [9.17, 15) is 18.0 Å². The summed E-state index contributed by atoms with van der Waals surface area (Å²) in [7, 11) is -3.54. The number of fused-ring (bicyclic) bond motifs is 1. The van der Waals surface area contributed by atoms with Crippen molar-refractivity contribution in [3.8, 4) is 0 Å². The second-order valence-corrected chi connectivity index (χ2v) is 9.06. The minimum absolute atomic E-state index is 0.0980. The molecule has 0 atom stereocenters. The van der Waals surface area contributed by atoms with Crippen molar-refractivity contribution >= 4 is 27.5 Å². The number of anilines is 1. The molecule has 0 radical (unpaired) electrons. The van der Waals surface area contributed by atoms with Crippen molar-refractivity contribution in [2.24, 2.45) is 0 Å². The number of ketones is 1. The number of rotatable bonds is 6. The van der Waals surface area contributed by atoms with E-state index in [-0.39, 0.29) is 36.0 Å². The van der Waals surface area contributed by atoms with Gasteiger partial charge in [-0.2, -0.15) is 9.40 Å². The van der Waals surface area contributed by atoms with Crippen LogP contribution in [0.2, 0.25) is 0 Å². The van der Waals surface area contributed by atoms with Crippen LogP contribution in [-0.2, 0) is 28.9 Å². The number of carbonyl (C=O) groups excluding carboxylic acids is 2. The van der Waals surface area contributed by atoms with Crippen LogP contribution in [0.1, 0.15) is 44.5 Å². The summed E-state index contributed by atoms with van der Waals surface area (Å²) < 4.78 is 27.0. The van der Waals surface area contributed by atoms with Gasteiger partial charge in [-0.1, -0.05) is 48.5 Å². The van der Waals surface area contributed by atoms with E-state index in [1.54, 1.807) is 48.5 Å². The fraction of sp³-hybridized carbons (Fsp3) is 0.190. The van der Waals surface area contributed by atoms with Crippen LogP contribution in [0.3, 0.4) is 0 Å².